The lowest BCUT2D eigenvalue weighted by Gasteiger charge is -2.36. The highest BCUT2D eigenvalue weighted by Gasteiger charge is 2.26. The molecule has 30 heavy (non-hydrogen) atoms. The lowest BCUT2D eigenvalue weighted by molar-refractivity contribution is -0.165. The molecule has 7 heteroatoms. The molecule has 0 unspecified atom stereocenters. The number of rotatable bonds is 8. The lowest BCUT2D eigenvalue weighted by Crippen LogP contribution is -2.42. The van der Waals surface area contributed by atoms with Crippen LogP contribution in [-0.2, 0) is 14.3 Å². The molecular formula is C23H28N2O5. The third kappa shape index (κ3) is 6.56. The van der Waals surface area contributed by atoms with Crippen LogP contribution < -0.4 is 4.74 Å². The third-order valence-electron chi connectivity index (χ3n) is 5.20. The molecular weight excluding hydrogens is 384 g/mol. The van der Waals surface area contributed by atoms with Gasteiger partial charge in [0.15, 0.2) is 0 Å². The average Bonchev–Trinajstić information content (AvgIpc) is 2.75. The smallest absolute Gasteiger partial charge is 0.417 e. The number of carbonyl (C=O) groups is 2. The minimum absolute atomic E-state index is 0.159. The number of nitrogens with zero attached hydrogens (tertiary/aromatic N) is 2. The van der Waals surface area contributed by atoms with Crippen molar-refractivity contribution in [3.8, 4) is 16.9 Å². The summed E-state index contributed by atoms with van der Waals surface area (Å²) in [6.07, 6.45) is 5.38. The zero-order chi connectivity index (χ0) is 21.3. The van der Waals surface area contributed by atoms with Crippen LogP contribution in [0.5, 0.6) is 5.75 Å². The second kappa shape index (κ2) is 10.7. The fourth-order valence-electron chi connectivity index (χ4n) is 3.92. The molecule has 1 N–H and O–H groups in total. The van der Waals surface area contributed by atoms with Gasteiger partial charge in [0.05, 0.1) is 13.2 Å². The number of benzene rings is 1. The van der Waals surface area contributed by atoms with Crippen molar-refractivity contribution in [1.29, 1.82) is 0 Å². The van der Waals surface area contributed by atoms with E-state index in [1.54, 1.807) is 12.4 Å². The minimum atomic E-state index is -1.54. The molecule has 0 bridgehead atoms. The van der Waals surface area contributed by atoms with Crippen LogP contribution in [0.25, 0.3) is 11.1 Å². The van der Waals surface area contributed by atoms with E-state index >= 15 is 0 Å². The molecule has 160 valence electrons. The molecule has 2 atom stereocenters. The van der Waals surface area contributed by atoms with Crippen molar-refractivity contribution < 1.29 is 24.2 Å². The molecule has 0 radical (unpaired) electrons. The van der Waals surface area contributed by atoms with Crippen LogP contribution in [0.3, 0.4) is 0 Å². The summed E-state index contributed by atoms with van der Waals surface area (Å²) in [5.41, 5.74) is 2.25. The summed E-state index contributed by atoms with van der Waals surface area (Å²) in [6, 6.07) is 12.0. The normalized spacial score (nSPS) is 19.2. The van der Waals surface area contributed by atoms with E-state index in [2.05, 4.69) is 16.8 Å². The summed E-state index contributed by atoms with van der Waals surface area (Å²) < 4.78 is 10.7. The van der Waals surface area contributed by atoms with Gasteiger partial charge in [0.1, 0.15) is 5.75 Å². The van der Waals surface area contributed by atoms with Gasteiger partial charge < -0.3 is 19.5 Å². The number of pyridine rings is 1. The Hall–Kier alpha value is -2.93. The molecule has 1 fully saturated rings. The lowest BCUT2D eigenvalue weighted by atomic mass is 9.91. The second-order valence-corrected chi connectivity index (χ2v) is 7.83. The first-order valence-electron chi connectivity index (χ1n) is 10.3. The third-order valence-corrected chi connectivity index (χ3v) is 5.20. The van der Waals surface area contributed by atoms with Crippen LogP contribution in [0, 0.1) is 11.8 Å². The van der Waals surface area contributed by atoms with E-state index in [9.17, 15) is 9.59 Å². The van der Waals surface area contributed by atoms with E-state index in [-0.39, 0.29) is 12.5 Å². The molecule has 7 nitrogen and oxygen atoms in total. The van der Waals surface area contributed by atoms with E-state index in [0.29, 0.717) is 12.5 Å². The Labute approximate surface area is 176 Å². The highest BCUT2D eigenvalue weighted by atomic mass is 16.6. The number of hydrogen-bond acceptors (Lipinski definition) is 6. The molecule has 0 aliphatic carbocycles. The van der Waals surface area contributed by atoms with E-state index < -0.39 is 11.9 Å². The number of ether oxygens (including phenoxy) is 2. The number of carboxylic acids is 1. The first-order valence-corrected chi connectivity index (χ1v) is 10.3. The van der Waals surface area contributed by atoms with Crippen molar-refractivity contribution in [3.05, 3.63) is 48.8 Å². The molecule has 1 aliphatic rings. The molecule has 1 saturated heterocycles. The quantitative estimate of drug-likeness (QED) is 0.405. The first-order chi connectivity index (χ1) is 14.5. The number of carbonyl (C=O) groups excluding carboxylic acids is 1. The Bertz CT molecular complexity index is 825. The van der Waals surface area contributed by atoms with E-state index in [1.807, 2.05) is 36.4 Å². The van der Waals surface area contributed by atoms with Crippen molar-refractivity contribution in [1.82, 2.24) is 9.88 Å². The van der Waals surface area contributed by atoms with Gasteiger partial charge in [-0.15, -0.1) is 0 Å². The Balaban J connectivity index is 1.39. The Morgan fingerprint density at radius 1 is 1.10 bits per heavy atom. The van der Waals surface area contributed by atoms with Gasteiger partial charge in [-0.05, 0) is 54.2 Å². The van der Waals surface area contributed by atoms with Gasteiger partial charge >= 0.3 is 11.9 Å². The van der Waals surface area contributed by atoms with Crippen LogP contribution in [0.15, 0.2) is 48.8 Å². The standard InChI is InChI=1S/C23H28N2O5/c1-17-13-18(16-30-23(28)22(26)27)15-25(14-17)11-2-12-29-21-5-3-19(4-6-21)20-7-9-24-10-8-20/h3-10,17-18H,2,11-16H2,1H3,(H,26,27)/t17-,18-/m1/s1. The molecule has 1 aliphatic heterocycles. The fourth-order valence-corrected chi connectivity index (χ4v) is 3.92. The van der Waals surface area contributed by atoms with Gasteiger partial charge in [-0.1, -0.05) is 19.1 Å². The largest absolute Gasteiger partial charge is 0.494 e. The van der Waals surface area contributed by atoms with E-state index in [1.165, 1.54) is 0 Å². The number of aromatic nitrogens is 1. The first kappa shape index (κ1) is 21.8. The topological polar surface area (TPSA) is 89.0 Å². The van der Waals surface area contributed by atoms with Gasteiger partial charge in [0.2, 0.25) is 0 Å². The van der Waals surface area contributed by atoms with Gasteiger partial charge in [0, 0.05) is 37.9 Å². The van der Waals surface area contributed by atoms with Gasteiger partial charge in [0.25, 0.3) is 0 Å². The van der Waals surface area contributed by atoms with E-state index in [0.717, 1.165) is 49.4 Å². The summed E-state index contributed by atoms with van der Waals surface area (Å²) >= 11 is 0. The highest BCUT2D eigenvalue weighted by Crippen LogP contribution is 2.23. The summed E-state index contributed by atoms with van der Waals surface area (Å²) in [4.78, 5) is 28.1. The summed E-state index contributed by atoms with van der Waals surface area (Å²) in [5, 5.41) is 8.62. The van der Waals surface area contributed by atoms with Crippen LogP contribution in [0.2, 0.25) is 0 Å². The van der Waals surface area contributed by atoms with Crippen molar-refractivity contribution in [2.75, 3.05) is 32.8 Å². The van der Waals surface area contributed by atoms with Crippen LogP contribution in [0.1, 0.15) is 19.8 Å². The van der Waals surface area contributed by atoms with Crippen LogP contribution >= 0.6 is 0 Å². The minimum Gasteiger partial charge on any atom is -0.494 e. The maximum Gasteiger partial charge on any atom is 0.417 e. The molecule has 1 aromatic heterocycles. The molecule has 2 heterocycles. The number of esters is 1. The summed E-state index contributed by atoms with van der Waals surface area (Å²) in [6.45, 7) is 5.63. The number of hydrogen-bond donors (Lipinski definition) is 1. The SMILES string of the molecule is C[C@@H]1C[C@@H](COC(=O)C(=O)O)CN(CCCOc2ccc(-c3ccncc3)cc2)C1. The van der Waals surface area contributed by atoms with Crippen molar-refractivity contribution >= 4 is 11.9 Å². The number of likely N-dealkylation sites (tertiary alicyclic amines) is 1. The predicted molar refractivity (Wildman–Crippen MR) is 112 cm³/mol. The average molecular weight is 412 g/mol. The molecule has 0 amide bonds. The van der Waals surface area contributed by atoms with Crippen molar-refractivity contribution in [2.24, 2.45) is 11.8 Å². The summed E-state index contributed by atoms with van der Waals surface area (Å²) in [7, 11) is 0. The molecule has 3 rings (SSSR count). The number of piperidine rings is 1. The van der Waals surface area contributed by atoms with Crippen LogP contribution in [-0.4, -0.2) is 59.8 Å². The molecule has 1 aromatic carbocycles. The van der Waals surface area contributed by atoms with Crippen LogP contribution in [0.4, 0.5) is 0 Å². The molecule has 0 spiro atoms. The maximum absolute atomic E-state index is 11.1. The Morgan fingerprint density at radius 3 is 2.50 bits per heavy atom. The molecule has 0 saturated carbocycles. The predicted octanol–water partition coefficient (Wildman–Crippen LogP) is 3.10. The van der Waals surface area contributed by atoms with Gasteiger partial charge in [-0.25, -0.2) is 9.59 Å². The summed E-state index contributed by atoms with van der Waals surface area (Å²) in [5.74, 6) is -1.23. The van der Waals surface area contributed by atoms with Crippen molar-refractivity contribution in [2.45, 2.75) is 19.8 Å². The zero-order valence-electron chi connectivity index (χ0n) is 17.2. The Morgan fingerprint density at radius 2 is 1.80 bits per heavy atom. The maximum atomic E-state index is 11.1. The zero-order valence-corrected chi connectivity index (χ0v) is 17.2. The molecule has 2 aromatic rings. The second-order valence-electron chi connectivity index (χ2n) is 7.83. The number of carboxylic acid groups (broad SMARTS) is 1. The van der Waals surface area contributed by atoms with E-state index in [4.69, 9.17) is 14.6 Å². The van der Waals surface area contributed by atoms with Crippen molar-refractivity contribution in [3.63, 3.8) is 0 Å². The fraction of sp³-hybridized carbons (Fsp3) is 0.435. The van der Waals surface area contributed by atoms with Gasteiger partial charge in [-0.2, -0.15) is 0 Å². The van der Waals surface area contributed by atoms with Gasteiger partial charge in [-0.3, -0.25) is 4.98 Å². The monoisotopic (exact) mass is 412 g/mol. The highest BCUT2D eigenvalue weighted by molar-refractivity contribution is 6.28. The Kier molecular flexibility index (Phi) is 7.79. The number of aliphatic carboxylic acids is 1.